The standard InChI is InChI=1S/C8H11ClN2O2/c1-5-6(2)13-8(11-5)4-10-7(12)3-9/h3-4H2,1-2H3,(H,10,12). The number of hydrogen-bond acceptors (Lipinski definition) is 3. The van der Waals surface area contributed by atoms with Gasteiger partial charge in [-0.15, -0.1) is 11.6 Å². The predicted molar refractivity (Wildman–Crippen MR) is 48.5 cm³/mol. The van der Waals surface area contributed by atoms with Gasteiger partial charge in [-0.2, -0.15) is 0 Å². The van der Waals surface area contributed by atoms with Crippen LogP contribution in [0.1, 0.15) is 17.3 Å². The molecule has 0 radical (unpaired) electrons. The molecule has 72 valence electrons. The van der Waals surface area contributed by atoms with Crippen LogP contribution < -0.4 is 5.32 Å². The molecule has 1 aromatic heterocycles. The molecule has 0 aliphatic rings. The lowest BCUT2D eigenvalue weighted by Gasteiger charge is -1.97. The second kappa shape index (κ2) is 4.28. The average Bonchev–Trinajstić information content (AvgIpc) is 2.42. The van der Waals surface area contributed by atoms with Crippen molar-refractivity contribution in [1.82, 2.24) is 10.3 Å². The number of nitrogens with one attached hydrogen (secondary N) is 1. The van der Waals surface area contributed by atoms with E-state index in [1.165, 1.54) is 0 Å². The fourth-order valence-corrected chi connectivity index (χ4v) is 0.931. The van der Waals surface area contributed by atoms with Gasteiger partial charge in [-0.25, -0.2) is 4.98 Å². The fourth-order valence-electron chi connectivity index (χ4n) is 0.836. The van der Waals surface area contributed by atoms with Gasteiger partial charge in [-0.3, -0.25) is 4.79 Å². The molecule has 5 heteroatoms. The number of rotatable bonds is 3. The van der Waals surface area contributed by atoms with Crippen LogP contribution >= 0.6 is 11.6 Å². The third-order valence-electron chi connectivity index (χ3n) is 1.63. The van der Waals surface area contributed by atoms with Gasteiger partial charge in [0.05, 0.1) is 12.2 Å². The molecule has 0 atom stereocenters. The maximum absolute atomic E-state index is 10.8. The van der Waals surface area contributed by atoms with E-state index in [-0.39, 0.29) is 11.8 Å². The Bertz CT molecular complexity index is 290. The average molecular weight is 203 g/mol. The molecule has 1 N–H and O–H groups in total. The summed E-state index contributed by atoms with van der Waals surface area (Å²) in [5.41, 5.74) is 0.843. The molecule has 0 saturated heterocycles. The molecule has 4 nitrogen and oxygen atoms in total. The summed E-state index contributed by atoms with van der Waals surface area (Å²) in [6.07, 6.45) is 0. The monoisotopic (exact) mass is 202 g/mol. The number of oxazole rings is 1. The van der Waals surface area contributed by atoms with Gasteiger partial charge in [-0.05, 0) is 13.8 Å². The van der Waals surface area contributed by atoms with Crippen LogP contribution in [0.15, 0.2) is 4.42 Å². The van der Waals surface area contributed by atoms with E-state index in [1.54, 1.807) is 0 Å². The fraction of sp³-hybridized carbons (Fsp3) is 0.500. The summed E-state index contributed by atoms with van der Waals surface area (Å²) in [7, 11) is 0. The zero-order valence-electron chi connectivity index (χ0n) is 7.56. The highest BCUT2D eigenvalue weighted by atomic mass is 35.5. The van der Waals surface area contributed by atoms with E-state index in [2.05, 4.69) is 10.3 Å². The number of amides is 1. The maximum atomic E-state index is 10.8. The Labute approximate surface area is 81.3 Å². The lowest BCUT2D eigenvalue weighted by molar-refractivity contribution is -0.118. The quantitative estimate of drug-likeness (QED) is 0.748. The van der Waals surface area contributed by atoms with E-state index in [0.717, 1.165) is 11.5 Å². The van der Waals surface area contributed by atoms with Gasteiger partial charge in [0.1, 0.15) is 11.6 Å². The van der Waals surface area contributed by atoms with Crippen molar-refractivity contribution in [2.45, 2.75) is 20.4 Å². The Morgan fingerprint density at radius 2 is 2.31 bits per heavy atom. The third kappa shape index (κ3) is 2.73. The summed E-state index contributed by atoms with van der Waals surface area (Å²) >= 11 is 5.29. The van der Waals surface area contributed by atoms with Gasteiger partial charge < -0.3 is 9.73 Å². The lowest BCUT2D eigenvalue weighted by atomic mass is 10.4. The van der Waals surface area contributed by atoms with Crippen LogP contribution in [0, 0.1) is 13.8 Å². The first kappa shape index (κ1) is 10.1. The highest BCUT2D eigenvalue weighted by Crippen LogP contribution is 2.07. The number of aromatic nitrogens is 1. The van der Waals surface area contributed by atoms with Crippen molar-refractivity contribution < 1.29 is 9.21 Å². The van der Waals surface area contributed by atoms with Crippen molar-refractivity contribution in [3.8, 4) is 0 Å². The van der Waals surface area contributed by atoms with E-state index in [9.17, 15) is 4.79 Å². The summed E-state index contributed by atoms with van der Waals surface area (Å²) in [6, 6.07) is 0. The molecule has 0 bridgehead atoms. The smallest absolute Gasteiger partial charge is 0.235 e. The number of carbonyl (C=O) groups excluding carboxylic acids is 1. The Kier molecular flexibility index (Phi) is 3.31. The second-order valence-corrected chi connectivity index (χ2v) is 2.93. The zero-order chi connectivity index (χ0) is 9.84. The predicted octanol–water partition coefficient (Wildman–Crippen LogP) is 1.15. The number of halogens is 1. The Hall–Kier alpha value is -1.03. The maximum Gasteiger partial charge on any atom is 0.235 e. The SMILES string of the molecule is Cc1nc(CNC(=O)CCl)oc1C. The van der Waals surface area contributed by atoms with E-state index in [4.69, 9.17) is 16.0 Å². The van der Waals surface area contributed by atoms with Crippen LogP contribution in [-0.2, 0) is 11.3 Å². The normalized spacial score (nSPS) is 10.1. The summed E-state index contributed by atoms with van der Waals surface area (Å²) in [5, 5.41) is 2.56. The van der Waals surface area contributed by atoms with Gasteiger partial charge >= 0.3 is 0 Å². The Morgan fingerprint density at radius 1 is 1.62 bits per heavy atom. The zero-order valence-corrected chi connectivity index (χ0v) is 8.31. The Morgan fingerprint density at radius 3 is 2.77 bits per heavy atom. The summed E-state index contributed by atoms with van der Waals surface area (Å²) < 4.78 is 5.24. The van der Waals surface area contributed by atoms with Crippen LogP contribution in [0.5, 0.6) is 0 Å². The van der Waals surface area contributed by atoms with Crippen LogP contribution in [0.3, 0.4) is 0 Å². The van der Waals surface area contributed by atoms with Crippen molar-refractivity contribution in [3.63, 3.8) is 0 Å². The van der Waals surface area contributed by atoms with E-state index >= 15 is 0 Å². The Balaban J connectivity index is 2.50. The largest absolute Gasteiger partial charge is 0.444 e. The second-order valence-electron chi connectivity index (χ2n) is 2.66. The number of aryl methyl sites for hydroxylation is 2. The lowest BCUT2D eigenvalue weighted by Crippen LogP contribution is -2.23. The van der Waals surface area contributed by atoms with E-state index in [0.29, 0.717) is 12.4 Å². The number of nitrogens with zero attached hydrogens (tertiary/aromatic N) is 1. The van der Waals surface area contributed by atoms with Crippen LogP contribution in [0.2, 0.25) is 0 Å². The molecule has 1 heterocycles. The van der Waals surface area contributed by atoms with E-state index < -0.39 is 0 Å². The minimum atomic E-state index is -0.227. The van der Waals surface area contributed by atoms with Gasteiger partial charge in [0, 0.05) is 0 Å². The molecule has 1 amide bonds. The summed E-state index contributed by atoms with van der Waals surface area (Å²) in [5.74, 6) is 1.01. The highest BCUT2D eigenvalue weighted by molar-refractivity contribution is 6.27. The number of hydrogen-bond donors (Lipinski definition) is 1. The summed E-state index contributed by atoms with van der Waals surface area (Å²) in [6.45, 7) is 3.97. The molecular formula is C8H11ClN2O2. The molecule has 1 aromatic rings. The van der Waals surface area contributed by atoms with Gasteiger partial charge in [0.15, 0.2) is 0 Å². The summed E-state index contributed by atoms with van der Waals surface area (Å²) in [4.78, 5) is 14.9. The number of alkyl halides is 1. The third-order valence-corrected chi connectivity index (χ3v) is 1.87. The minimum Gasteiger partial charge on any atom is -0.444 e. The molecule has 0 fully saturated rings. The van der Waals surface area contributed by atoms with Crippen LogP contribution in [0.4, 0.5) is 0 Å². The molecule has 1 rings (SSSR count). The van der Waals surface area contributed by atoms with Crippen LogP contribution in [0.25, 0.3) is 0 Å². The van der Waals surface area contributed by atoms with Crippen molar-refractivity contribution in [2.75, 3.05) is 5.88 Å². The minimum absolute atomic E-state index is 0.0430. The first-order valence-corrected chi connectivity index (χ1v) is 4.42. The molecule has 0 unspecified atom stereocenters. The molecule has 0 aromatic carbocycles. The van der Waals surface area contributed by atoms with Gasteiger partial charge in [0.2, 0.25) is 11.8 Å². The molecular weight excluding hydrogens is 192 g/mol. The molecule has 0 aliphatic heterocycles. The first-order valence-electron chi connectivity index (χ1n) is 3.89. The topological polar surface area (TPSA) is 55.1 Å². The van der Waals surface area contributed by atoms with E-state index in [1.807, 2.05) is 13.8 Å². The van der Waals surface area contributed by atoms with Gasteiger partial charge in [0.25, 0.3) is 0 Å². The van der Waals surface area contributed by atoms with Crippen molar-refractivity contribution in [1.29, 1.82) is 0 Å². The van der Waals surface area contributed by atoms with Gasteiger partial charge in [-0.1, -0.05) is 0 Å². The molecule has 0 saturated carbocycles. The molecule has 0 spiro atoms. The van der Waals surface area contributed by atoms with Crippen molar-refractivity contribution in [3.05, 3.63) is 17.3 Å². The van der Waals surface area contributed by atoms with Crippen LogP contribution in [-0.4, -0.2) is 16.8 Å². The first-order chi connectivity index (χ1) is 6.13. The highest BCUT2D eigenvalue weighted by Gasteiger charge is 2.06. The number of carbonyl (C=O) groups is 1. The van der Waals surface area contributed by atoms with Crippen molar-refractivity contribution in [2.24, 2.45) is 0 Å². The molecule has 0 aliphatic carbocycles. The van der Waals surface area contributed by atoms with Crippen molar-refractivity contribution >= 4 is 17.5 Å². The molecule has 13 heavy (non-hydrogen) atoms.